The molecule has 1 saturated heterocycles. The number of hydrogen-bond acceptors (Lipinski definition) is 5. The monoisotopic (exact) mass is 346 g/mol. The average molecular weight is 346 g/mol. The van der Waals surface area contributed by atoms with Crippen molar-refractivity contribution in [1.29, 1.82) is 0 Å². The highest BCUT2D eigenvalue weighted by Crippen LogP contribution is 2.26. The lowest BCUT2D eigenvalue weighted by Gasteiger charge is -2.28. The summed E-state index contributed by atoms with van der Waals surface area (Å²) in [5, 5.41) is 9.48. The standard InChI is InChI=1S/C17H18N2O6/c20-14(18-7-9-25-10-8-18)6-5-13(17(23)24)19-15(21)11-3-1-2-4-12(11)16(19)22/h1-4,13H,5-10H2,(H,23,24)/t13-/m0/s1. The van der Waals surface area contributed by atoms with Crippen LogP contribution in [0.25, 0.3) is 0 Å². The third-order valence-corrected chi connectivity index (χ3v) is 4.42. The van der Waals surface area contributed by atoms with Crippen molar-refractivity contribution in [2.24, 2.45) is 0 Å². The molecule has 2 aliphatic rings. The van der Waals surface area contributed by atoms with Crippen LogP contribution in [0.1, 0.15) is 33.6 Å². The fraction of sp³-hybridized carbons (Fsp3) is 0.412. The zero-order valence-electron chi connectivity index (χ0n) is 13.5. The summed E-state index contributed by atoms with van der Waals surface area (Å²) < 4.78 is 5.17. The molecule has 0 unspecified atom stereocenters. The first kappa shape index (κ1) is 17.1. The van der Waals surface area contributed by atoms with Crippen LogP contribution in [-0.4, -0.2) is 70.9 Å². The van der Waals surface area contributed by atoms with Crippen molar-refractivity contribution >= 4 is 23.7 Å². The van der Waals surface area contributed by atoms with E-state index >= 15 is 0 Å². The lowest BCUT2D eigenvalue weighted by Crippen LogP contribution is -2.46. The number of aliphatic carboxylic acids is 1. The third-order valence-electron chi connectivity index (χ3n) is 4.42. The number of imide groups is 1. The number of amides is 3. The van der Waals surface area contributed by atoms with Crippen molar-refractivity contribution in [2.75, 3.05) is 26.3 Å². The number of ether oxygens (including phenoxy) is 1. The molecule has 0 radical (unpaired) electrons. The van der Waals surface area contributed by atoms with Gasteiger partial charge in [-0.05, 0) is 18.6 Å². The summed E-state index contributed by atoms with van der Waals surface area (Å²) >= 11 is 0. The van der Waals surface area contributed by atoms with Gasteiger partial charge in [0.15, 0.2) is 0 Å². The quantitative estimate of drug-likeness (QED) is 0.773. The molecule has 3 amide bonds. The van der Waals surface area contributed by atoms with Gasteiger partial charge >= 0.3 is 5.97 Å². The molecule has 1 atom stereocenters. The number of benzene rings is 1. The fourth-order valence-electron chi connectivity index (χ4n) is 3.09. The van der Waals surface area contributed by atoms with E-state index in [0.717, 1.165) is 4.90 Å². The minimum absolute atomic E-state index is 0.0512. The molecule has 8 nitrogen and oxygen atoms in total. The molecule has 2 aliphatic heterocycles. The van der Waals surface area contributed by atoms with Crippen molar-refractivity contribution < 1.29 is 29.0 Å². The Morgan fingerprint density at radius 1 is 1.08 bits per heavy atom. The Morgan fingerprint density at radius 3 is 2.16 bits per heavy atom. The van der Waals surface area contributed by atoms with E-state index in [2.05, 4.69) is 0 Å². The highest BCUT2D eigenvalue weighted by molar-refractivity contribution is 6.22. The molecule has 3 rings (SSSR count). The number of nitrogens with zero attached hydrogens (tertiary/aromatic N) is 2. The largest absolute Gasteiger partial charge is 0.480 e. The van der Waals surface area contributed by atoms with Crippen LogP contribution in [-0.2, 0) is 14.3 Å². The number of carbonyl (C=O) groups excluding carboxylic acids is 3. The molecule has 1 aromatic rings. The van der Waals surface area contributed by atoms with Crippen LogP contribution in [0.5, 0.6) is 0 Å². The molecule has 1 aromatic carbocycles. The van der Waals surface area contributed by atoms with Crippen molar-refractivity contribution in [3.8, 4) is 0 Å². The maximum Gasteiger partial charge on any atom is 0.326 e. The molecule has 0 saturated carbocycles. The average Bonchev–Trinajstić information content (AvgIpc) is 2.88. The molecular formula is C17H18N2O6. The van der Waals surface area contributed by atoms with E-state index in [1.165, 1.54) is 12.1 Å². The predicted molar refractivity (Wildman–Crippen MR) is 85.0 cm³/mol. The SMILES string of the molecule is O=C(O)[C@H](CCC(=O)N1CCOCC1)N1C(=O)c2ccccc2C1=O. The van der Waals surface area contributed by atoms with Crippen LogP contribution < -0.4 is 0 Å². The van der Waals surface area contributed by atoms with Gasteiger partial charge in [-0.2, -0.15) is 0 Å². The Kier molecular flexibility index (Phi) is 4.80. The highest BCUT2D eigenvalue weighted by Gasteiger charge is 2.42. The molecule has 2 heterocycles. The van der Waals surface area contributed by atoms with E-state index in [9.17, 15) is 24.3 Å². The van der Waals surface area contributed by atoms with Crippen molar-refractivity contribution in [1.82, 2.24) is 9.80 Å². The summed E-state index contributed by atoms with van der Waals surface area (Å²) in [5.74, 6) is -2.77. The number of fused-ring (bicyclic) bond motifs is 1. The summed E-state index contributed by atoms with van der Waals surface area (Å²) in [6, 6.07) is 4.86. The zero-order chi connectivity index (χ0) is 18.0. The number of morpholine rings is 1. The Balaban J connectivity index is 1.72. The second-order valence-electron chi connectivity index (χ2n) is 5.91. The van der Waals surface area contributed by atoms with Crippen LogP contribution in [0.15, 0.2) is 24.3 Å². The minimum Gasteiger partial charge on any atom is -0.480 e. The predicted octanol–water partition coefficient (Wildman–Crippen LogP) is 0.375. The fourth-order valence-corrected chi connectivity index (χ4v) is 3.09. The maximum absolute atomic E-state index is 12.4. The van der Waals surface area contributed by atoms with Gasteiger partial charge in [0.2, 0.25) is 5.91 Å². The zero-order valence-corrected chi connectivity index (χ0v) is 13.5. The Bertz CT molecular complexity index is 691. The lowest BCUT2D eigenvalue weighted by atomic mass is 10.1. The molecule has 25 heavy (non-hydrogen) atoms. The maximum atomic E-state index is 12.4. The Morgan fingerprint density at radius 2 is 1.64 bits per heavy atom. The van der Waals surface area contributed by atoms with E-state index in [1.54, 1.807) is 17.0 Å². The Labute approximate surface area is 144 Å². The van der Waals surface area contributed by atoms with Gasteiger partial charge in [0.1, 0.15) is 6.04 Å². The molecule has 0 aromatic heterocycles. The van der Waals surface area contributed by atoms with E-state index in [4.69, 9.17) is 4.74 Å². The first-order chi connectivity index (χ1) is 12.0. The van der Waals surface area contributed by atoms with E-state index in [1.807, 2.05) is 0 Å². The number of hydrogen-bond donors (Lipinski definition) is 1. The van der Waals surface area contributed by atoms with E-state index in [-0.39, 0.29) is 29.9 Å². The number of carboxylic acid groups (broad SMARTS) is 1. The number of carboxylic acids is 1. The first-order valence-electron chi connectivity index (χ1n) is 8.06. The molecular weight excluding hydrogens is 328 g/mol. The van der Waals surface area contributed by atoms with Crippen LogP contribution in [0, 0.1) is 0 Å². The van der Waals surface area contributed by atoms with Gasteiger partial charge in [-0.25, -0.2) is 4.79 Å². The second kappa shape index (κ2) is 7.02. The van der Waals surface area contributed by atoms with Gasteiger partial charge in [0, 0.05) is 19.5 Å². The molecule has 132 valence electrons. The van der Waals surface area contributed by atoms with E-state index in [0.29, 0.717) is 26.3 Å². The van der Waals surface area contributed by atoms with Crippen molar-refractivity contribution in [2.45, 2.75) is 18.9 Å². The number of rotatable bonds is 5. The van der Waals surface area contributed by atoms with Gasteiger partial charge < -0.3 is 14.7 Å². The Hall–Kier alpha value is -2.74. The van der Waals surface area contributed by atoms with Crippen LogP contribution in [0.3, 0.4) is 0 Å². The molecule has 0 spiro atoms. The summed E-state index contributed by atoms with van der Waals surface area (Å²) in [5.41, 5.74) is 0.386. The summed E-state index contributed by atoms with van der Waals surface area (Å²) in [6.45, 7) is 1.83. The second-order valence-corrected chi connectivity index (χ2v) is 5.91. The normalized spacial score (nSPS) is 18.2. The van der Waals surface area contributed by atoms with Gasteiger partial charge in [-0.3, -0.25) is 19.3 Å². The van der Waals surface area contributed by atoms with Gasteiger partial charge in [0.05, 0.1) is 24.3 Å². The lowest BCUT2D eigenvalue weighted by molar-refractivity contribution is -0.142. The van der Waals surface area contributed by atoms with Gasteiger partial charge in [-0.1, -0.05) is 12.1 Å². The highest BCUT2D eigenvalue weighted by atomic mass is 16.5. The van der Waals surface area contributed by atoms with Gasteiger partial charge in [0.25, 0.3) is 11.8 Å². The molecule has 0 aliphatic carbocycles. The molecule has 8 heteroatoms. The first-order valence-corrected chi connectivity index (χ1v) is 8.06. The minimum atomic E-state index is -1.36. The molecule has 0 bridgehead atoms. The summed E-state index contributed by atoms with van der Waals surface area (Å²) in [7, 11) is 0. The van der Waals surface area contributed by atoms with Crippen molar-refractivity contribution in [3.05, 3.63) is 35.4 Å². The smallest absolute Gasteiger partial charge is 0.326 e. The molecule has 1 fully saturated rings. The van der Waals surface area contributed by atoms with E-state index < -0.39 is 23.8 Å². The van der Waals surface area contributed by atoms with Gasteiger partial charge in [-0.15, -0.1) is 0 Å². The third kappa shape index (κ3) is 3.25. The van der Waals surface area contributed by atoms with Crippen molar-refractivity contribution in [3.63, 3.8) is 0 Å². The summed E-state index contributed by atoms with van der Waals surface area (Å²) in [6.07, 6.45) is -0.165. The number of carbonyl (C=O) groups is 4. The van der Waals surface area contributed by atoms with Crippen LogP contribution >= 0.6 is 0 Å². The summed E-state index contributed by atoms with van der Waals surface area (Å²) in [4.78, 5) is 51.0. The van der Waals surface area contributed by atoms with Crippen LogP contribution in [0.4, 0.5) is 0 Å². The van der Waals surface area contributed by atoms with Crippen LogP contribution in [0.2, 0.25) is 0 Å². The molecule has 1 N–H and O–H groups in total. The topological polar surface area (TPSA) is 104 Å².